The Labute approximate surface area is 359 Å². The van der Waals surface area contributed by atoms with Gasteiger partial charge < -0.3 is 9.73 Å². The van der Waals surface area contributed by atoms with Gasteiger partial charge in [0.1, 0.15) is 11.2 Å². The van der Waals surface area contributed by atoms with Gasteiger partial charge in [-0.25, -0.2) is 0 Å². The number of fused-ring (bicyclic) bond motifs is 13. The number of para-hydroxylation sites is 1. The monoisotopic (exact) mass is 787 g/mol. The standard InChI is InChI=1S/C58H50BNO/c1-56(2,3)33-22-24-39-40(27-33)42-28-34(57(4,5)6)29-47-51(42)52(39)53-54(59-47)44(31-43-38-18-12-14-20-49(38)61-55(43)53)50-36-16-10-9-15-32(36)21-26-48(50)60-35-23-25-46-41(30-35)37-17-11-13-19-45(37)58(46,7)8/h9-31,52,59-60H,1-8H3. The molecule has 0 radical (unpaired) electrons. The van der Waals surface area contributed by atoms with E-state index in [2.05, 4.69) is 200 Å². The van der Waals surface area contributed by atoms with Gasteiger partial charge in [-0.15, -0.1) is 0 Å². The third-order valence-electron chi connectivity index (χ3n) is 14.5. The molecule has 3 aliphatic rings. The summed E-state index contributed by atoms with van der Waals surface area (Å²) >= 11 is 0. The first-order valence-corrected chi connectivity index (χ1v) is 22.1. The second-order valence-electron chi connectivity index (χ2n) is 20.6. The van der Waals surface area contributed by atoms with Crippen LogP contribution in [0.4, 0.5) is 11.4 Å². The Morgan fingerprint density at radius 1 is 0.557 bits per heavy atom. The van der Waals surface area contributed by atoms with Crippen LogP contribution in [0.3, 0.4) is 0 Å². The Morgan fingerprint density at radius 3 is 2.10 bits per heavy atom. The van der Waals surface area contributed by atoms with Crippen LogP contribution in [0, 0.1) is 0 Å². The molecule has 0 saturated carbocycles. The van der Waals surface area contributed by atoms with Crippen LogP contribution in [0.2, 0.25) is 0 Å². The van der Waals surface area contributed by atoms with E-state index in [0.29, 0.717) is 0 Å². The van der Waals surface area contributed by atoms with Crippen molar-refractivity contribution < 1.29 is 4.42 Å². The fraction of sp³-hybridized carbons (Fsp3) is 0.207. The summed E-state index contributed by atoms with van der Waals surface area (Å²) in [5, 5.41) is 8.84. The van der Waals surface area contributed by atoms with E-state index in [1.807, 2.05) is 0 Å². The molecule has 8 aromatic carbocycles. The number of hydrogen-bond donors (Lipinski definition) is 1. The van der Waals surface area contributed by atoms with Crippen molar-refractivity contribution in [2.45, 2.75) is 77.6 Å². The molecule has 0 spiro atoms. The van der Waals surface area contributed by atoms with Gasteiger partial charge in [0.15, 0.2) is 7.28 Å². The number of anilines is 2. The summed E-state index contributed by atoms with van der Waals surface area (Å²) in [6.07, 6.45) is 0. The number of hydrogen-bond acceptors (Lipinski definition) is 2. The molecule has 0 saturated heterocycles. The quantitative estimate of drug-likeness (QED) is 0.180. The molecule has 0 fully saturated rings. The molecule has 1 atom stereocenters. The van der Waals surface area contributed by atoms with E-state index in [1.165, 1.54) is 99.4 Å². The van der Waals surface area contributed by atoms with E-state index in [1.54, 1.807) is 0 Å². The van der Waals surface area contributed by atoms with Crippen molar-refractivity contribution in [3.63, 3.8) is 0 Å². The highest BCUT2D eigenvalue weighted by molar-refractivity contribution is 6.71. The molecule has 2 nitrogen and oxygen atoms in total. The molecule has 1 unspecified atom stereocenters. The second kappa shape index (κ2) is 12.4. The third-order valence-corrected chi connectivity index (χ3v) is 14.5. The van der Waals surface area contributed by atoms with Crippen LogP contribution >= 0.6 is 0 Å². The Morgan fingerprint density at radius 2 is 1.28 bits per heavy atom. The van der Waals surface area contributed by atoms with Crippen LogP contribution in [-0.4, -0.2) is 7.28 Å². The van der Waals surface area contributed by atoms with Crippen LogP contribution in [0.25, 0.3) is 66.1 Å². The number of rotatable bonds is 3. The van der Waals surface area contributed by atoms with Crippen molar-refractivity contribution in [2.75, 3.05) is 5.32 Å². The molecule has 1 N–H and O–H groups in total. The molecular formula is C58H50BNO. The lowest BCUT2D eigenvalue weighted by Crippen LogP contribution is -2.41. The number of nitrogens with one attached hydrogen (secondary N) is 1. The van der Waals surface area contributed by atoms with E-state index < -0.39 is 0 Å². The fourth-order valence-corrected chi connectivity index (χ4v) is 11.3. The third kappa shape index (κ3) is 5.22. The number of benzene rings is 8. The van der Waals surface area contributed by atoms with Gasteiger partial charge in [-0.1, -0.05) is 176 Å². The first-order valence-electron chi connectivity index (χ1n) is 22.1. The highest BCUT2D eigenvalue weighted by atomic mass is 16.3. The Balaban J connectivity index is 1.15. The van der Waals surface area contributed by atoms with Gasteiger partial charge >= 0.3 is 0 Å². The lowest BCUT2D eigenvalue weighted by atomic mass is 9.51. The van der Waals surface area contributed by atoms with Crippen molar-refractivity contribution in [3.8, 4) is 33.4 Å². The van der Waals surface area contributed by atoms with Gasteiger partial charge in [0.05, 0.1) is 0 Å². The maximum absolute atomic E-state index is 7.07. The molecule has 1 aromatic heterocycles. The summed E-state index contributed by atoms with van der Waals surface area (Å²) in [6.45, 7) is 18.7. The van der Waals surface area contributed by atoms with Gasteiger partial charge in [0.2, 0.25) is 0 Å². The van der Waals surface area contributed by atoms with Gasteiger partial charge in [-0.3, -0.25) is 0 Å². The lowest BCUT2D eigenvalue weighted by Gasteiger charge is -2.31. The van der Waals surface area contributed by atoms with Crippen molar-refractivity contribution in [1.82, 2.24) is 0 Å². The predicted octanol–water partition coefficient (Wildman–Crippen LogP) is 13.9. The van der Waals surface area contributed by atoms with E-state index in [-0.39, 0.29) is 22.2 Å². The van der Waals surface area contributed by atoms with Crippen LogP contribution < -0.4 is 16.2 Å². The summed E-state index contributed by atoms with van der Waals surface area (Å²) in [4.78, 5) is 0. The number of furan rings is 1. The minimum atomic E-state index is -0.0450. The van der Waals surface area contributed by atoms with Crippen LogP contribution in [0.1, 0.15) is 100 Å². The SMILES string of the molecule is CC(C)(C)c1ccc2c(c1)-c1cc(C(C)(C)C)cc3c1C2c1c(c(-c2c(Nc4ccc5c(c4)-c4ccccc4C5(C)C)ccc4ccccc24)cc2c1oc1ccccc12)B3. The molecule has 1 aliphatic heterocycles. The summed E-state index contributed by atoms with van der Waals surface area (Å²) in [6, 6.07) is 52.9. The average molecular weight is 788 g/mol. The van der Waals surface area contributed by atoms with Crippen molar-refractivity contribution in [3.05, 3.63) is 178 Å². The molecule has 2 aliphatic carbocycles. The molecule has 0 amide bonds. The first kappa shape index (κ1) is 36.5. The molecule has 296 valence electrons. The van der Waals surface area contributed by atoms with Crippen LogP contribution in [0.5, 0.6) is 0 Å². The Kier molecular flexibility index (Phi) is 7.42. The molecule has 61 heavy (non-hydrogen) atoms. The maximum atomic E-state index is 7.07. The highest BCUT2D eigenvalue weighted by Crippen LogP contribution is 2.54. The zero-order valence-electron chi connectivity index (χ0n) is 36.5. The van der Waals surface area contributed by atoms with Crippen molar-refractivity contribution in [1.29, 1.82) is 0 Å². The van der Waals surface area contributed by atoms with E-state index in [4.69, 9.17) is 4.42 Å². The van der Waals surface area contributed by atoms with E-state index in [0.717, 1.165) is 35.2 Å². The Bertz CT molecular complexity index is 3370. The van der Waals surface area contributed by atoms with Crippen LogP contribution in [0.15, 0.2) is 144 Å². The summed E-state index contributed by atoms with van der Waals surface area (Å²) < 4.78 is 7.07. The summed E-state index contributed by atoms with van der Waals surface area (Å²) in [5.74, 6) is 0.0568. The maximum Gasteiger partial charge on any atom is 0.194 e. The molecule has 0 bridgehead atoms. The van der Waals surface area contributed by atoms with Gasteiger partial charge in [-0.05, 0) is 113 Å². The highest BCUT2D eigenvalue weighted by Gasteiger charge is 2.42. The second-order valence-corrected chi connectivity index (χ2v) is 20.6. The zero-order chi connectivity index (χ0) is 41.7. The van der Waals surface area contributed by atoms with Gasteiger partial charge in [0.25, 0.3) is 0 Å². The normalized spacial score (nSPS) is 15.6. The van der Waals surface area contributed by atoms with Crippen molar-refractivity contribution >= 4 is 62.3 Å². The van der Waals surface area contributed by atoms with Gasteiger partial charge in [-0.2, -0.15) is 0 Å². The smallest absolute Gasteiger partial charge is 0.194 e. The average Bonchev–Trinajstić information content (AvgIpc) is 3.86. The van der Waals surface area contributed by atoms with Gasteiger partial charge in [0, 0.05) is 44.6 Å². The molecule has 3 heteroatoms. The molecule has 12 rings (SSSR count). The zero-order valence-corrected chi connectivity index (χ0v) is 36.5. The predicted molar refractivity (Wildman–Crippen MR) is 261 cm³/mol. The largest absolute Gasteiger partial charge is 0.456 e. The Hall–Kier alpha value is -6.32. The summed E-state index contributed by atoms with van der Waals surface area (Å²) in [7, 11) is 0.827. The topological polar surface area (TPSA) is 25.2 Å². The van der Waals surface area contributed by atoms with E-state index in [9.17, 15) is 0 Å². The molecule has 9 aromatic rings. The first-order chi connectivity index (χ1) is 29.3. The molecule has 2 heterocycles. The van der Waals surface area contributed by atoms with Crippen molar-refractivity contribution in [2.24, 2.45) is 0 Å². The lowest BCUT2D eigenvalue weighted by molar-refractivity contribution is 0.589. The minimum absolute atomic E-state index is 0.00444. The minimum Gasteiger partial charge on any atom is -0.456 e. The van der Waals surface area contributed by atoms with E-state index >= 15 is 0 Å². The van der Waals surface area contributed by atoms with Crippen LogP contribution in [-0.2, 0) is 16.2 Å². The molecular weight excluding hydrogens is 737 g/mol. The fourth-order valence-electron chi connectivity index (χ4n) is 11.3. The summed E-state index contributed by atoms with van der Waals surface area (Å²) in [5.41, 5.74) is 24.5.